The van der Waals surface area contributed by atoms with E-state index in [-0.39, 0.29) is 12.1 Å². The van der Waals surface area contributed by atoms with Crippen LogP contribution in [0.5, 0.6) is 0 Å². The molecule has 4 heterocycles. The van der Waals surface area contributed by atoms with E-state index in [0.29, 0.717) is 13.2 Å². The average molecular weight is 316 g/mol. The molecule has 0 spiro atoms. The first-order valence-electron chi connectivity index (χ1n) is 8.14. The molecule has 2 fully saturated rings. The molecule has 2 aromatic rings. The van der Waals surface area contributed by atoms with Crippen molar-refractivity contribution in [3.05, 3.63) is 18.1 Å². The van der Waals surface area contributed by atoms with Crippen molar-refractivity contribution in [1.29, 1.82) is 0 Å². The van der Waals surface area contributed by atoms with Gasteiger partial charge in [-0.25, -0.2) is 4.79 Å². The van der Waals surface area contributed by atoms with Gasteiger partial charge in [-0.1, -0.05) is 6.92 Å². The molecular weight excluding hydrogens is 296 g/mol. The van der Waals surface area contributed by atoms with Crippen LogP contribution in [0.3, 0.4) is 0 Å². The van der Waals surface area contributed by atoms with Gasteiger partial charge in [0.25, 0.3) is 0 Å². The molecule has 2 aliphatic rings. The fourth-order valence-electron chi connectivity index (χ4n) is 3.42. The van der Waals surface area contributed by atoms with E-state index in [1.165, 1.54) is 0 Å². The third kappa shape index (κ3) is 2.47. The molecule has 23 heavy (non-hydrogen) atoms. The van der Waals surface area contributed by atoms with Gasteiger partial charge in [-0.15, -0.1) is 10.2 Å². The number of aryl methyl sites for hydroxylation is 1. The van der Waals surface area contributed by atoms with Crippen LogP contribution < -0.4 is 4.90 Å². The molecule has 0 N–H and O–H groups in total. The Bertz CT molecular complexity index is 722. The van der Waals surface area contributed by atoms with Crippen LogP contribution in [-0.2, 0) is 11.2 Å². The third-order valence-corrected chi connectivity index (χ3v) is 4.70. The highest BCUT2D eigenvalue weighted by Crippen LogP contribution is 2.27. The predicted molar refractivity (Wildman–Crippen MR) is 83.4 cm³/mol. The molecule has 1 amide bonds. The van der Waals surface area contributed by atoms with Gasteiger partial charge in [0.05, 0.1) is 17.9 Å². The lowest BCUT2D eigenvalue weighted by Gasteiger charge is -2.36. The molecule has 0 atom stereocenters. The fourth-order valence-corrected chi connectivity index (χ4v) is 3.42. The van der Waals surface area contributed by atoms with Crippen LogP contribution in [0.25, 0.3) is 5.65 Å². The van der Waals surface area contributed by atoms with Crippen molar-refractivity contribution >= 4 is 17.4 Å². The summed E-state index contributed by atoms with van der Waals surface area (Å²) in [7, 11) is 0. The van der Waals surface area contributed by atoms with Crippen LogP contribution in [0.2, 0.25) is 0 Å². The van der Waals surface area contributed by atoms with E-state index in [9.17, 15) is 4.79 Å². The van der Waals surface area contributed by atoms with Gasteiger partial charge >= 0.3 is 6.09 Å². The number of carbonyl (C=O) groups excluding carboxylic acids is 1. The van der Waals surface area contributed by atoms with Gasteiger partial charge in [0.15, 0.2) is 0 Å². The zero-order valence-corrected chi connectivity index (χ0v) is 13.2. The van der Waals surface area contributed by atoms with Crippen molar-refractivity contribution in [2.45, 2.75) is 32.2 Å². The van der Waals surface area contributed by atoms with Gasteiger partial charge in [0.1, 0.15) is 12.9 Å². The molecule has 4 rings (SSSR count). The molecule has 0 aromatic carbocycles. The highest BCUT2D eigenvalue weighted by atomic mass is 16.6. The lowest BCUT2D eigenvalue weighted by molar-refractivity contribution is 0.142. The SMILES string of the molecule is CCc1cc(N2CCC(N3CCOC3=O)CC2)c2nncn2n1. The van der Waals surface area contributed by atoms with Gasteiger partial charge < -0.3 is 14.5 Å². The van der Waals surface area contributed by atoms with E-state index in [1.807, 2.05) is 4.90 Å². The summed E-state index contributed by atoms with van der Waals surface area (Å²) in [6.45, 7) is 5.11. The van der Waals surface area contributed by atoms with Crippen LogP contribution in [-0.4, -0.2) is 63.1 Å². The number of anilines is 1. The zero-order chi connectivity index (χ0) is 15.8. The standard InChI is InChI=1S/C15H20N6O2/c1-2-11-9-13(14-17-16-10-21(14)18-11)19-5-3-12(4-6-19)20-7-8-23-15(20)22/h9-10,12H,2-8H2,1H3. The Morgan fingerprint density at radius 3 is 2.83 bits per heavy atom. The summed E-state index contributed by atoms with van der Waals surface area (Å²) in [5.74, 6) is 0. The van der Waals surface area contributed by atoms with Crippen molar-refractivity contribution in [2.24, 2.45) is 0 Å². The number of hydrogen-bond acceptors (Lipinski definition) is 6. The highest BCUT2D eigenvalue weighted by molar-refractivity contribution is 5.70. The van der Waals surface area contributed by atoms with Crippen molar-refractivity contribution < 1.29 is 9.53 Å². The lowest BCUT2D eigenvalue weighted by Crippen LogP contribution is -2.45. The molecule has 2 aromatic heterocycles. The number of ether oxygens (including phenoxy) is 1. The Labute approximate surface area is 134 Å². The maximum atomic E-state index is 11.7. The number of piperidine rings is 1. The molecule has 8 nitrogen and oxygen atoms in total. The number of aromatic nitrogens is 4. The van der Waals surface area contributed by atoms with Gasteiger partial charge in [0, 0.05) is 19.1 Å². The smallest absolute Gasteiger partial charge is 0.410 e. The first-order valence-corrected chi connectivity index (χ1v) is 8.14. The van der Waals surface area contributed by atoms with Crippen molar-refractivity contribution in [3.8, 4) is 0 Å². The molecule has 0 saturated carbocycles. The second kappa shape index (κ2) is 5.68. The predicted octanol–water partition coefficient (Wildman–Crippen LogP) is 1.11. The van der Waals surface area contributed by atoms with E-state index < -0.39 is 0 Å². The Morgan fingerprint density at radius 1 is 1.30 bits per heavy atom. The molecule has 0 bridgehead atoms. The summed E-state index contributed by atoms with van der Waals surface area (Å²) < 4.78 is 6.80. The Balaban J connectivity index is 1.54. The summed E-state index contributed by atoms with van der Waals surface area (Å²) in [4.78, 5) is 15.9. The van der Waals surface area contributed by atoms with Gasteiger partial charge in [-0.3, -0.25) is 0 Å². The van der Waals surface area contributed by atoms with E-state index in [0.717, 1.165) is 49.4 Å². The lowest BCUT2D eigenvalue weighted by atomic mass is 10.0. The maximum Gasteiger partial charge on any atom is 0.410 e. The molecule has 8 heteroatoms. The molecule has 0 radical (unpaired) electrons. The normalized spacial score (nSPS) is 19.6. The minimum Gasteiger partial charge on any atom is -0.448 e. The van der Waals surface area contributed by atoms with E-state index in [2.05, 4.69) is 33.2 Å². The van der Waals surface area contributed by atoms with Crippen molar-refractivity contribution in [2.75, 3.05) is 31.1 Å². The second-order valence-corrected chi connectivity index (χ2v) is 6.00. The number of amides is 1. The van der Waals surface area contributed by atoms with Crippen molar-refractivity contribution in [3.63, 3.8) is 0 Å². The highest BCUT2D eigenvalue weighted by Gasteiger charge is 2.32. The number of nitrogens with zero attached hydrogens (tertiary/aromatic N) is 6. The molecule has 0 aliphatic carbocycles. The summed E-state index contributed by atoms with van der Waals surface area (Å²) in [6, 6.07) is 2.39. The number of carbonyl (C=O) groups is 1. The maximum absolute atomic E-state index is 11.7. The Hall–Kier alpha value is -2.38. The van der Waals surface area contributed by atoms with Crippen LogP contribution in [0.15, 0.2) is 12.4 Å². The summed E-state index contributed by atoms with van der Waals surface area (Å²) in [5, 5.41) is 12.7. The topological polar surface area (TPSA) is 75.9 Å². The number of fused-ring (bicyclic) bond motifs is 1. The van der Waals surface area contributed by atoms with E-state index in [4.69, 9.17) is 4.74 Å². The molecular formula is C15H20N6O2. The van der Waals surface area contributed by atoms with E-state index in [1.54, 1.807) is 10.8 Å². The number of cyclic esters (lactones) is 1. The van der Waals surface area contributed by atoms with Crippen LogP contribution in [0, 0.1) is 0 Å². The molecule has 2 aliphatic heterocycles. The first-order chi connectivity index (χ1) is 11.3. The Kier molecular flexibility index (Phi) is 3.51. The van der Waals surface area contributed by atoms with Gasteiger partial charge in [-0.05, 0) is 25.3 Å². The molecule has 0 unspecified atom stereocenters. The fraction of sp³-hybridized carbons (Fsp3) is 0.600. The van der Waals surface area contributed by atoms with Crippen LogP contribution >= 0.6 is 0 Å². The van der Waals surface area contributed by atoms with Crippen LogP contribution in [0.1, 0.15) is 25.5 Å². The average Bonchev–Trinajstić information content (AvgIpc) is 3.22. The second-order valence-electron chi connectivity index (χ2n) is 6.00. The van der Waals surface area contributed by atoms with Gasteiger partial charge in [-0.2, -0.15) is 9.61 Å². The summed E-state index contributed by atoms with van der Waals surface area (Å²) in [5.41, 5.74) is 2.90. The number of hydrogen-bond donors (Lipinski definition) is 0. The third-order valence-electron chi connectivity index (χ3n) is 4.70. The quantitative estimate of drug-likeness (QED) is 0.844. The minimum atomic E-state index is -0.166. The number of rotatable bonds is 3. The van der Waals surface area contributed by atoms with Crippen LogP contribution in [0.4, 0.5) is 10.5 Å². The zero-order valence-electron chi connectivity index (χ0n) is 13.2. The monoisotopic (exact) mass is 316 g/mol. The van der Waals surface area contributed by atoms with E-state index >= 15 is 0 Å². The van der Waals surface area contributed by atoms with Gasteiger partial charge in [0.2, 0.25) is 5.65 Å². The largest absolute Gasteiger partial charge is 0.448 e. The first kappa shape index (κ1) is 14.2. The minimum absolute atomic E-state index is 0.166. The summed E-state index contributed by atoms with van der Waals surface area (Å²) >= 11 is 0. The van der Waals surface area contributed by atoms with Crippen molar-refractivity contribution in [1.82, 2.24) is 24.7 Å². The summed E-state index contributed by atoms with van der Waals surface area (Å²) in [6.07, 6.45) is 4.24. The Morgan fingerprint density at radius 2 is 2.13 bits per heavy atom. The molecule has 2 saturated heterocycles. The molecule has 122 valence electrons.